The fourth-order valence-corrected chi connectivity index (χ4v) is 3.64. The number of halogens is 2. The van der Waals surface area contributed by atoms with Crippen LogP contribution in [0.1, 0.15) is 28.4 Å². The first-order chi connectivity index (χ1) is 13.5. The van der Waals surface area contributed by atoms with E-state index >= 15 is 0 Å². The van der Waals surface area contributed by atoms with E-state index in [0.717, 1.165) is 23.3 Å². The van der Waals surface area contributed by atoms with Crippen molar-refractivity contribution < 1.29 is 23.0 Å². The summed E-state index contributed by atoms with van der Waals surface area (Å²) >= 11 is 0. The van der Waals surface area contributed by atoms with Crippen LogP contribution in [0.4, 0.5) is 19.3 Å². The van der Waals surface area contributed by atoms with Crippen LogP contribution in [-0.4, -0.2) is 36.2 Å². The zero-order valence-electron chi connectivity index (χ0n) is 15.2. The lowest BCUT2D eigenvalue weighted by molar-refractivity contribution is 0.0475. The minimum atomic E-state index is -1.05. The SMILES string of the molecule is CN(C(=O)Nc1ccc(F)c(F)c1)[C@H]1COCc2[nH]c(=O)c3c(c21)COCC3. The van der Waals surface area contributed by atoms with Crippen LogP contribution < -0.4 is 10.9 Å². The molecule has 2 N–H and O–H groups in total. The maximum absolute atomic E-state index is 13.4. The third-order valence-electron chi connectivity index (χ3n) is 5.11. The monoisotopic (exact) mass is 391 g/mol. The zero-order valence-corrected chi connectivity index (χ0v) is 15.2. The van der Waals surface area contributed by atoms with E-state index in [-0.39, 0.29) is 24.5 Å². The Morgan fingerprint density at radius 1 is 1.21 bits per heavy atom. The Morgan fingerprint density at radius 2 is 2.04 bits per heavy atom. The highest BCUT2D eigenvalue weighted by atomic mass is 19.2. The Bertz CT molecular complexity index is 992. The van der Waals surface area contributed by atoms with Gasteiger partial charge in [-0.3, -0.25) is 4.79 Å². The van der Waals surface area contributed by atoms with Crippen LogP contribution in [0.15, 0.2) is 23.0 Å². The molecule has 2 aromatic rings. The third kappa shape index (κ3) is 3.27. The quantitative estimate of drug-likeness (QED) is 0.824. The molecule has 4 rings (SSSR count). The summed E-state index contributed by atoms with van der Waals surface area (Å²) in [7, 11) is 1.58. The van der Waals surface area contributed by atoms with E-state index in [1.165, 1.54) is 11.0 Å². The van der Waals surface area contributed by atoms with Crippen molar-refractivity contribution in [3.05, 3.63) is 62.6 Å². The average molecular weight is 391 g/mol. The summed E-state index contributed by atoms with van der Waals surface area (Å²) in [5.74, 6) is -2.04. The normalized spacial score (nSPS) is 18.2. The number of urea groups is 1. The van der Waals surface area contributed by atoms with E-state index in [0.29, 0.717) is 30.9 Å². The molecule has 2 aliphatic rings. The molecule has 0 spiro atoms. The Labute approximate surface area is 159 Å². The van der Waals surface area contributed by atoms with E-state index in [4.69, 9.17) is 9.47 Å². The van der Waals surface area contributed by atoms with Crippen LogP contribution in [0.3, 0.4) is 0 Å². The van der Waals surface area contributed by atoms with Crippen LogP contribution in [0.5, 0.6) is 0 Å². The van der Waals surface area contributed by atoms with Gasteiger partial charge in [0.05, 0.1) is 32.5 Å². The number of H-pyrrole nitrogens is 1. The molecular weight excluding hydrogens is 372 g/mol. The molecule has 0 radical (unpaired) electrons. The number of benzene rings is 1. The minimum Gasteiger partial charge on any atom is -0.376 e. The standard InChI is InChI=1S/C19H19F2N3O4/c1-24(19(26)22-10-2-3-13(20)14(21)6-10)16-9-28-8-15-17(16)12-7-27-5-4-11(12)18(25)23-15/h2-3,6,16H,4-5,7-9H2,1H3,(H,22,26)(H,23,25)/t16-/m0/s1. The molecule has 0 saturated heterocycles. The highest BCUT2D eigenvalue weighted by molar-refractivity contribution is 5.89. The first-order valence-corrected chi connectivity index (χ1v) is 8.87. The first-order valence-electron chi connectivity index (χ1n) is 8.87. The predicted molar refractivity (Wildman–Crippen MR) is 96.0 cm³/mol. The minimum absolute atomic E-state index is 0.138. The lowest BCUT2D eigenvalue weighted by atomic mass is 9.91. The second kappa shape index (κ2) is 7.33. The van der Waals surface area contributed by atoms with Gasteiger partial charge in [0.25, 0.3) is 5.56 Å². The molecule has 7 nitrogen and oxygen atoms in total. The summed E-state index contributed by atoms with van der Waals surface area (Å²) in [4.78, 5) is 29.3. The molecule has 2 aliphatic heterocycles. The molecule has 0 aliphatic carbocycles. The van der Waals surface area contributed by atoms with Crippen molar-refractivity contribution in [1.29, 1.82) is 0 Å². The van der Waals surface area contributed by atoms with Gasteiger partial charge in [-0.2, -0.15) is 0 Å². The number of nitrogens with one attached hydrogen (secondary N) is 2. The van der Waals surface area contributed by atoms with Crippen molar-refractivity contribution in [1.82, 2.24) is 9.88 Å². The molecule has 3 heterocycles. The average Bonchev–Trinajstić information content (AvgIpc) is 2.70. The highest BCUT2D eigenvalue weighted by Gasteiger charge is 2.33. The molecule has 2 amide bonds. The Kier molecular flexibility index (Phi) is 4.86. The highest BCUT2D eigenvalue weighted by Crippen LogP contribution is 2.33. The molecule has 28 heavy (non-hydrogen) atoms. The van der Waals surface area contributed by atoms with Gasteiger partial charge >= 0.3 is 6.03 Å². The van der Waals surface area contributed by atoms with Gasteiger partial charge in [0.15, 0.2) is 11.6 Å². The smallest absolute Gasteiger partial charge is 0.322 e. The third-order valence-corrected chi connectivity index (χ3v) is 5.11. The number of carbonyl (C=O) groups is 1. The Morgan fingerprint density at radius 3 is 2.82 bits per heavy atom. The molecular formula is C19H19F2N3O4. The summed E-state index contributed by atoms with van der Waals surface area (Å²) in [6, 6.07) is 2.18. The van der Waals surface area contributed by atoms with E-state index in [1.807, 2.05) is 0 Å². The number of nitrogens with zero attached hydrogens (tertiary/aromatic N) is 1. The molecule has 1 aromatic carbocycles. The number of ether oxygens (including phenoxy) is 2. The summed E-state index contributed by atoms with van der Waals surface area (Å²) in [6.07, 6.45) is 0.510. The van der Waals surface area contributed by atoms with E-state index in [2.05, 4.69) is 10.3 Å². The van der Waals surface area contributed by atoms with Crippen molar-refractivity contribution >= 4 is 11.7 Å². The van der Waals surface area contributed by atoms with Crippen LogP contribution >= 0.6 is 0 Å². The van der Waals surface area contributed by atoms with Crippen LogP contribution in [0.2, 0.25) is 0 Å². The number of pyridine rings is 1. The molecule has 148 valence electrons. The molecule has 0 saturated carbocycles. The molecule has 0 fully saturated rings. The summed E-state index contributed by atoms with van der Waals surface area (Å²) in [6.45, 7) is 1.26. The van der Waals surface area contributed by atoms with E-state index in [9.17, 15) is 18.4 Å². The van der Waals surface area contributed by atoms with Gasteiger partial charge < -0.3 is 24.7 Å². The molecule has 0 bridgehead atoms. The second-order valence-corrected chi connectivity index (χ2v) is 6.81. The second-order valence-electron chi connectivity index (χ2n) is 6.81. The largest absolute Gasteiger partial charge is 0.376 e. The van der Waals surface area contributed by atoms with Gasteiger partial charge in [0, 0.05) is 42.0 Å². The number of anilines is 1. The van der Waals surface area contributed by atoms with Crippen LogP contribution in [0.25, 0.3) is 0 Å². The predicted octanol–water partition coefficient (Wildman–Crippen LogP) is 2.46. The van der Waals surface area contributed by atoms with Crippen molar-refractivity contribution in [2.45, 2.75) is 25.7 Å². The summed E-state index contributed by atoms with van der Waals surface area (Å²) < 4.78 is 37.6. The molecule has 0 unspecified atom stereocenters. The number of likely N-dealkylation sites (N-methyl/N-ethyl adjacent to an activating group) is 1. The number of hydrogen-bond acceptors (Lipinski definition) is 4. The number of carbonyl (C=O) groups excluding carboxylic acids is 1. The van der Waals surface area contributed by atoms with E-state index < -0.39 is 23.7 Å². The molecule has 1 atom stereocenters. The lowest BCUT2D eigenvalue weighted by Gasteiger charge is -2.35. The van der Waals surface area contributed by atoms with Gasteiger partial charge in [-0.15, -0.1) is 0 Å². The van der Waals surface area contributed by atoms with Crippen molar-refractivity contribution in [3.63, 3.8) is 0 Å². The van der Waals surface area contributed by atoms with Gasteiger partial charge in [0.1, 0.15) is 0 Å². The van der Waals surface area contributed by atoms with Gasteiger partial charge in [-0.05, 0) is 17.7 Å². The number of hydrogen-bond donors (Lipinski definition) is 2. The fraction of sp³-hybridized carbons (Fsp3) is 0.368. The van der Waals surface area contributed by atoms with Gasteiger partial charge in [-0.25, -0.2) is 13.6 Å². The maximum Gasteiger partial charge on any atom is 0.322 e. The summed E-state index contributed by atoms with van der Waals surface area (Å²) in [5.41, 5.74) is 2.90. The van der Waals surface area contributed by atoms with Crippen LogP contribution in [-0.2, 0) is 29.1 Å². The van der Waals surface area contributed by atoms with Gasteiger partial charge in [-0.1, -0.05) is 0 Å². The topological polar surface area (TPSA) is 83.7 Å². The molecule has 1 aromatic heterocycles. The Hall–Kier alpha value is -2.78. The Balaban J connectivity index is 1.64. The lowest BCUT2D eigenvalue weighted by Crippen LogP contribution is -2.41. The molecule has 9 heteroatoms. The fourth-order valence-electron chi connectivity index (χ4n) is 3.64. The number of rotatable bonds is 2. The summed E-state index contributed by atoms with van der Waals surface area (Å²) in [5, 5.41) is 2.55. The van der Waals surface area contributed by atoms with Crippen molar-refractivity contribution in [2.24, 2.45) is 0 Å². The van der Waals surface area contributed by atoms with Crippen molar-refractivity contribution in [2.75, 3.05) is 25.6 Å². The van der Waals surface area contributed by atoms with Gasteiger partial charge in [0.2, 0.25) is 0 Å². The van der Waals surface area contributed by atoms with E-state index in [1.54, 1.807) is 7.05 Å². The number of aromatic nitrogens is 1. The zero-order chi connectivity index (χ0) is 19.8. The number of aromatic amines is 1. The first kappa shape index (κ1) is 18.6. The number of amides is 2. The van der Waals surface area contributed by atoms with Crippen LogP contribution in [0, 0.1) is 11.6 Å². The maximum atomic E-state index is 13.4. The van der Waals surface area contributed by atoms with Crippen molar-refractivity contribution in [3.8, 4) is 0 Å². The number of fused-ring (bicyclic) bond motifs is 3.